The van der Waals surface area contributed by atoms with E-state index in [0.29, 0.717) is 17.9 Å². The van der Waals surface area contributed by atoms with Crippen LogP contribution < -0.4 is 0 Å². The van der Waals surface area contributed by atoms with Gasteiger partial charge in [0.15, 0.2) is 0 Å². The minimum Gasteiger partial charge on any atom is -0.481 e. The van der Waals surface area contributed by atoms with E-state index in [-0.39, 0.29) is 23.5 Å². The van der Waals surface area contributed by atoms with Crippen LogP contribution in [0.5, 0.6) is 0 Å². The van der Waals surface area contributed by atoms with Crippen LogP contribution in [0.3, 0.4) is 0 Å². The zero-order valence-electron chi connectivity index (χ0n) is 10.1. The maximum atomic E-state index is 12.4. The summed E-state index contributed by atoms with van der Waals surface area (Å²) >= 11 is 7.57. The maximum Gasteiger partial charge on any atom is 0.305 e. The highest BCUT2D eigenvalue weighted by Crippen LogP contribution is 2.23. The molecule has 1 unspecified atom stereocenters. The highest BCUT2D eigenvalue weighted by Gasteiger charge is 2.30. The molecule has 1 fully saturated rings. The fourth-order valence-corrected chi connectivity index (χ4v) is 3.26. The Balaban J connectivity index is 2.20. The molecule has 1 aromatic heterocycles. The maximum absolute atomic E-state index is 12.4. The molecular weight excluding hydrogens is 288 g/mol. The van der Waals surface area contributed by atoms with Crippen LogP contribution in [-0.4, -0.2) is 51.0 Å². The van der Waals surface area contributed by atoms with Gasteiger partial charge in [-0.25, -0.2) is 4.98 Å². The van der Waals surface area contributed by atoms with Gasteiger partial charge in [-0.15, -0.1) is 0 Å². The number of carbonyl (C=O) groups excluding carboxylic acids is 1. The Labute approximate surface area is 120 Å². The lowest BCUT2D eigenvalue weighted by Gasteiger charge is -2.34. The van der Waals surface area contributed by atoms with Crippen LogP contribution in [0.1, 0.15) is 16.8 Å². The second-order valence-electron chi connectivity index (χ2n) is 4.17. The van der Waals surface area contributed by atoms with E-state index in [4.69, 9.17) is 16.7 Å². The Morgan fingerprint density at radius 2 is 2.37 bits per heavy atom. The number of hydrogen-bond donors (Lipinski definition) is 1. The number of rotatable bonds is 3. The zero-order chi connectivity index (χ0) is 13.8. The second-order valence-corrected chi connectivity index (χ2v) is 5.67. The molecule has 1 amide bonds. The van der Waals surface area contributed by atoms with E-state index in [1.54, 1.807) is 28.8 Å². The van der Waals surface area contributed by atoms with Crippen molar-refractivity contribution in [3.63, 3.8) is 0 Å². The average molecular weight is 301 g/mol. The van der Waals surface area contributed by atoms with Crippen molar-refractivity contribution < 1.29 is 14.7 Å². The van der Waals surface area contributed by atoms with Gasteiger partial charge in [0.05, 0.1) is 18.0 Å². The van der Waals surface area contributed by atoms with Crippen LogP contribution in [0.4, 0.5) is 0 Å². The van der Waals surface area contributed by atoms with Gasteiger partial charge in [-0.05, 0) is 12.1 Å². The molecule has 5 nitrogen and oxygen atoms in total. The minimum absolute atomic E-state index is 0.0450. The van der Waals surface area contributed by atoms with Crippen molar-refractivity contribution in [3.05, 3.63) is 29.0 Å². The van der Waals surface area contributed by atoms with Crippen molar-refractivity contribution >= 4 is 35.2 Å². The number of aromatic nitrogens is 1. The largest absolute Gasteiger partial charge is 0.481 e. The topological polar surface area (TPSA) is 70.5 Å². The van der Waals surface area contributed by atoms with Crippen molar-refractivity contribution in [2.75, 3.05) is 18.1 Å². The van der Waals surface area contributed by atoms with Crippen LogP contribution in [0.15, 0.2) is 18.3 Å². The van der Waals surface area contributed by atoms with Crippen LogP contribution in [0.25, 0.3) is 0 Å². The summed E-state index contributed by atoms with van der Waals surface area (Å²) in [5.41, 5.74) is 0.325. The number of halogens is 1. The van der Waals surface area contributed by atoms with Crippen molar-refractivity contribution in [3.8, 4) is 0 Å². The van der Waals surface area contributed by atoms with Gasteiger partial charge in [0.2, 0.25) is 0 Å². The Morgan fingerprint density at radius 3 is 3.05 bits per heavy atom. The normalized spacial score (nSPS) is 19.2. The number of carboxylic acid groups (broad SMARTS) is 1. The summed E-state index contributed by atoms with van der Waals surface area (Å²) in [6.45, 7) is 0.534. The van der Waals surface area contributed by atoms with E-state index in [1.807, 2.05) is 0 Å². The quantitative estimate of drug-likeness (QED) is 0.862. The molecule has 1 aliphatic heterocycles. The second kappa shape index (κ2) is 6.25. The van der Waals surface area contributed by atoms with Crippen molar-refractivity contribution in [1.82, 2.24) is 9.88 Å². The van der Waals surface area contributed by atoms with Crippen molar-refractivity contribution in [2.24, 2.45) is 0 Å². The number of carboxylic acids is 1. The molecule has 1 saturated heterocycles. The number of pyridine rings is 1. The third kappa shape index (κ3) is 3.39. The predicted molar refractivity (Wildman–Crippen MR) is 73.6 cm³/mol. The molecule has 1 aliphatic rings. The number of amides is 1. The zero-order valence-corrected chi connectivity index (χ0v) is 11.7. The first-order valence-electron chi connectivity index (χ1n) is 5.80. The minimum atomic E-state index is -0.900. The Kier molecular flexibility index (Phi) is 4.66. The SMILES string of the molecule is O=C(O)CC1CSCCN1C(=O)c1cccnc1Cl. The standard InChI is InChI=1S/C12H13ClN2O3S/c13-11-9(2-1-3-14-11)12(18)15-4-5-19-7-8(15)6-10(16)17/h1-3,8H,4-7H2,(H,16,17). The molecule has 1 aromatic rings. The van der Waals surface area contributed by atoms with E-state index < -0.39 is 5.97 Å². The van der Waals surface area contributed by atoms with Gasteiger partial charge in [0, 0.05) is 24.2 Å². The molecule has 0 aromatic carbocycles. The van der Waals surface area contributed by atoms with E-state index in [0.717, 1.165) is 5.75 Å². The summed E-state index contributed by atoms with van der Waals surface area (Å²) in [4.78, 5) is 28.7. The molecule has 2 rings (SSSR count). The number of aliphatic carboxylic acids is 1. The molecule has 1 N–H and O–H groups in total. The molecule has 2 heterocycles. The van der Waals surface area contributed by atoms with Crippen LogP contribution in [0.2, 0.25) is 5.15 Å². The Hall–Kier alpha value is -1.27. The number of thioether (sulfide) groups is 1. The van der Waals surface area contributed by atoms with E-state index in [9.17, 15) is 9.59 Å². The van der Waals surface area contributed by atoms with Crippen LogP contribution in [0, 0.1) is 0 Å². The van der Waals surface area contributed by atoms with Gasteiger partial charge in [-0.1, -0.05) is 11.6 Å². The Bertz CT molecular complexity index is 498. The first-order chi connectivity index (χ1) is 9.09. The van der Waals surface area contributed by atoms with E-state index >= 15 is 0 Å². The number of carbonyl (C=O) groups is 2. The van der Waals surface area contributed by atoms with Gasteiger partial charge < -0.3 is 10.0 Å². The summed E-state index contributed by atoms with van der Waals surface area (Å²) in [5, 5.41) is 9.06. The number of nitrogens with zero attached hydrogens (tertiary/aromatic N) is 2. The first kappa shape index (κ1) is 14.1. The summed E-state index contributed by atoms with van der Waals surface area (Å²) in [7, 11) is 0. The third-order valence-electron chi connectivity index (χ3n) is 2.89. The number of hydrogen-bond acceptors (Lipinski definition) is 4. The van der Waals surface area contributed by atoms with Crippen molar-refractivity contribution in [2.45, 2.75) is 12.5 Å². The molecule has 0 radical (unpaired) electrons. The van der Waals surface area contributed by atoms with Gasteiger partial charge in [0.1, 0.15) is 5.15 Å². The van der Waals surface area contributed by atoms with E-state index in [1.165, 1.54) is 6.20 Å². The van der Waals surface area contributed by atoms with Gasteiger partial charge >= 0.3 is 5.97 Å². The molecular formula is C12H13ClN2O3S. The fraction of sp³-hybridized carbons (Fsp3) is 0.417. The van der Waals surface area contributed by atoms with Crippen LogP contribution in [-0.2, 0) is 4.79 Å². The smallest absolute Gasteiger partial charge is 0.305 e. The van der Waals surface area contributed by atoms with E-state index in [2.05, 4.69) is 4.98 Å². The van der Waals surface area contributed by atoms with Gasteiger partial charge in [0.25, 0.3) is 5.91 Å². The molecule has 0 spiro atoms. The van der Waals surface area contributed by atoms with Gasteiger partial charge in [-0.3, -0.25) is 9.59 Å². The third-order valence-corrected chi connectivity index (χ3v) is 4.28. The molecule has 0 saturated carbocycles. The van der Waals surface area contributed by atoms with Crippen LogP contribution >= 0.6 is 23.4 Å². The molecule has 0 bridgehead atoms. The summed E-state index contributed by atoms with van der Waals surface area (Å²) < 4.78 is 0. The first-order valence-corrected chi connectivity index (χ1v) is 7.34. The highest BCUT2D eigenvalue weighted by atomic mass is 35.5. The summed E-state index contributed by atoms with van der Waals surface area (Å²) in [6, 6.07) is 2.96. The highest BCUT2D eigenvalue weighted by molar-refractivity contribution is 7.99. The molecule has 19 heavy (non-hydrogen) atoms. The summed E-state index contributed by atoms with van der Waals surface area (Å²) in [5.74, 6) is 0.294. The molecule has 1 atom stereocenters. The summed E-state index contributed by atoms with van der Waals surface area (Å²) in [6.07, 6.45) is 1.47. The lowest BCUT2D eigenvalue weighted by Crippen LogP contribution is -2.47. The Morgan fingerprint density at radius 1 is 1.58 bits per heavy atom. The average Bonchev–Trinajstić information content (AvgIpc) is 2.38. The fourth-order valence-electron chi connectivity index (χ4n) is 1.99. The predicted octanol–water partition coefficient (Wildman–Crippen LogP) is 1.77. The molecule has 0 aliphatic carbocycles. The molecule has 7 heteroatoms. The van der Waals surface area contributed by atoms with Crippen molar-refractivity contribution in [1.29, 1.82) is 0 Å². The molecule has 102 valence electrons. The lowest BCUT2D eigenvalue weighted by atomic mass is 10.1. The lowest BCUT2D eigenvalue weighted by molar-refractivity contribution is -0.138. The monoisotopic (exact) mass is 300 g/mol. The van der Waals surface area contributed by atoms with Gasteiger partial charge in [-0.2, -0.15) is 11.8 Å².